The van der Waals surface area contributed by atoms with Gasteiger partial charge < -0.3 is 24.3 Å². The largest absolute Gasteiger partial charge is 0.497 e. The fourth-order valence-corrected chi connectivity index (χ4v) is 2.98. The Morgan fingerprint density at radius 3 is 2.44 bits per heavy atom. The highest BCUT2D eigenvalue weighted by Crippen LogP contribution is 2.24. The second-order valence-electron chi connectivity index (χ2n) is 6.30. The van der Waals surface area contributed by atoms with E-state index >= 15 is 0 Å². The number of ether oxygens (including phenoxy) is 2. The van der Waals surface area contributed by atoms with Gasteiger partial charge in [-0.15, -0.1) is 0 Å². The number of aromatic nitrogens is 2. The van der Waals surface area contributed by atoms with E-state index in [0.717, 1.165) is 0 Å². The number of nitrogens with one attached hydrogen (secondary N) is 2. The lowest BCUT2D eigenvalue weighted by Gasteiger charge is -2.39. The van der Waals surface area contributed by atoms with Crippen molar-refractivity contribution in [2.24, 2.45) is 0 Å². The number of amides is 1. The second kappa shape index (κ2) is 6.64. The first-order chi connectivity index (χ1) is 13.0. The van der Waals surface area contributed by atoms with Crippen molar-refractivity contribution in [3.05, 3.63) is 68.7 Å². The first kappa shape index (κ1) is 16.9. The molecular formula is C19H17N3O5. The average molecular weight is 367 g/mol. The highest BCUT2D eigenvalue weighted by atomic mass is 16.5. The molecule has 1 aliphatic heterocycles. The number of carbonyl (C=O) groups excluding carboxylic acids is 1. The lowest BCUT2D eigenvalue weighted by Crippen LogP contribution is -2.56. The number of hydrogen-bond donors (Lipinski definition) is 2. The van der Waals surface area contributed by atoms with Gasteiger partial charge in [0.25, 0.3) is 5.91 Å². The standard InChI is InChI=1S/C19H17N3O5/c1-26-12-3-2-4-13(8-12)27-14-9-22(10-14)19(25)11-5-6-15-16(7-11)21-18(24)17(23)20-15/h2-8,14H,9-10H2,1H3,(H,20,23)(H,21,24). The molecule has 138 valence electrons. The van der Waals surface area contributed by atoms with Crippen LogP contribution in [0.4, 0.5) is 0 Å². The van der Waals surface area contributed by atoms with Gasteiger partial charge in [-0.05, 0) is 30.3 Å². The monoisotopic (exact) mass is 367 g/mol. The van der Waals surface area contributed by atoms with Crippen molar-refractivity contribution in [3.63, 3.8) is 0 Å². The Bertz CT molecular complexity index is 1130. The highest BCUT2D eigenvalue weighted by molar-refractivity contribution is 5.97. The van der Waals surface area contributed by atoms with Crippen molar-refractivity contribution >= 4 is 16.9 Å². The fraction of sp³-hybridized carbons (Fsp3) is 0.211. The maximum atomic E-state index is 12.6. The van der Waals surface area contributed by atoms with Crippen molar-refractivity contribution in [3.8, 4) is 11.5 Å². The molecule has 3 aromatic rings. The minimum absolute atomic E-state index is 0.0855. The van der Waals surface area contributed by atoms with E-state index in [-0.39, 0.29) is 12.0 Å². The highest BCUT2D eigenvalue weighted by Gasteiger charge is 2.33. The fourth-order valence-electron chi connectivity index (χ4n) is 2.98. The average Bonchev–Trinajstić information content (AvgIpc) is 2.64. The number of H-pyrrole nitrogens is 2. The van der Waals surface area contributed by atoms with Crippen LogP contribution in [-0.2, 0) is 0 Å². The normalized spacial score (nSPS) is 14.0. The van der Waals surface area contributed by atoms with Crippen LogP contribution in [0.1, 0.15) is 10.4 Å². The zero-order valence-electron chi connectivity index (χ0n) is 14.5. The molecule has 8 nitrogen and oxygen atoms in total. The number of fused-ring (bicyclic) bond motifs is 1. The summed E-state index contributed by atoms with van der Waals surface area (Å²) in [6, 6.07) is 12.1. The smallest absolute Gasteiger partial charge is 0.314 e. The number of aromatic amines is 2. The summed E-state index contributed by atoms with van der Waals surface area (Å²) in [6.07, 6.45) is -0.0855. The number of likely N-dealkylation sites (tertiary alicyclic amines) is 1. The van der Waals surface area contributed by atoms with Crippen LogP contribution in [0.5, 0.6) is 11.5 Å². The first-order valence-corrected chi connectivity index (χ1v) is 8.40. The molecule has 0 aliphatic carbocycles. The maximum Gasteiger partial charge on any atom is 0.314 e. The molecule has 0 radical (unpaired) electrons. The number of rotatable bonds is 4. The Balaban J connectivity index is 1.44. The molecule has 2 N–H and O–H groups in total. The van der Waals surface area contributed by atoms with Crippen LogP contribution in [0.25, 0.3) is 11.0 Å². The van der Waals surface area contributed by atoms with Crippen molar-refractivity contribution < 1.29 is 14.3 Å². The Morgan fingerprint density at radius 2 is 1.70 bits per heavy atom. The van der Waals surface area contributed by atoms with Crippen molar-refractivity contribution in [1.82, 2.24) is 14.9 Å². The second-order valence-corrected chi connectivity index (χ2v) is 6.30. The van der Waals surface area contributed by atoms with E-state index in [1.54, 1.807) is 36.3 Å². The van der Waals surface area contributed by atoms with Crippen LogP contribution >= 0.6 is 0 Å². The molecule has 0 bridgehead atoms. The van der Waals surface area contributed by atoms with E-state index in [2.05, 4.69) is 9.97 Å². The van der Waals surface area contributed by atoms with Gasteiger partial charge in [0, 0.05) is 11.6 Å². The Labute approximate surface area is 153 Å². The van der Waals surface area contributed by atoms with Crippen molar-refractivity contribution in [2.75, 3.05) is 20.2 Å². The molecule has 0 spiro atoms. The number of nitrogens with zero attached hydrogens (tertiary/aromatic N) is 1. The topological polar surface area (TPSA) is 104 Å². The molecule has 1 aromatic heterocycles. The van der Waals surface area contributed by atoms with Crippen LogP contribution < -0.4 is 20.6 Å². The zero-order valence-corrected chi connectivity index (χ0v) is 14.5. The molecule has 0 atom stereocenters. The molecule has 2 aromatic carbocycles. The summed E-state index contributed by atoms with van der Waals surface area (Å²) < 4.78 is 11.0. The van der Waals surface area contributed by atoms with Crippen LogP contribution in [0.3, 0.4) is 0 Å². The molecule has 1 fully saturated rings. The van der Waals surface area contributed by atoms with Gasteiger partial charge in [-0.1, -0.05) is 6.07 Å². The predicted octanol–water partition coefficient (Wildman–Crippen LogP) is 1.13. The van der Waals surface area contributed by atoms with Crippen LogP contribution in [-0.4, -0.2) is 47.1 Å². The number of methoxy groups -OCH3 is 1. The molecule has 8 heteroatoms. The molecular weight excluding hydrogens is 350 g/mol. The third-order valence-corrected chi connectivity index (χ3v) is 4.45. The van der Waals surface area contributed by atoms with E-state index in [4.69, 9.17) is 9.47 Å². The van der Waals surface area contributed by atoms with Gasteiger partial charge in [0.2, 0.25) is 0 Å². The molecule has 1 amide bonds. The maximum absolute atomic E-state index is 12.6. The van der Waals surface area contributed by atoms with Crippen molar-refractivity contribution in [2.45, 2.75) is 6.10 Å². The van der Waals surface area contributed by atoms with Crippen LogP contribution in [0.15, 0.2) is 52.1 Å². The third-order valence-electron chi connectivity index (χ3n) is 4.45. The summed E-state index contributed by atoms with van der Waals surface area (Å²) in [5.41, 5.74) is -0.149. The van der Waals surface area contributed by atoms with E-state index in [0.29, 0.717) is 41.2 Å². The minimum Gasteiger partial charge on any atom is -0.497 e. The van der Waals surface area contributed by atoms with Gasteiger partial charge in [0.1, 0.15) is 17.6 Å². The molecule has 0 unspecified atom stereocenters. The number of carbonyl (C=O) groups is 1. The lowest BCUT2D eigenvalue weighted by molar-refractivity contribution is 0.0177. The van der Waals surface area contributed by atoms with Gasteiger partial charge in [-0.3, -0.25) is 14.4 Å². The van der Waals surface area contributed by atoms with Crippen molar-refractivity contribution in [1.29, 1.82) is 0 Å². The molecule has 4 rings (SSSR count). The van der Waals surface area contributed by atoms with Gasteiger partial charge >= 0.3 is 11.1 Å². The van der Waals surface area contributed by atoms with Crippen LogP contribution in [0.2, 0.25) is 0 Å². The summed E-state index contributed by atoms with van der Waals surface area (Å²) in [7, 11) is 1.59. The van der Waals surface area contributed by atoms with Gasteiger partial charge in [-0.2, -0.15) is 0 Å². The van der Waals surface area contributed by atoms with E-state index in [9.17, 15) is 14.4 Å². The number of benzene rings is 2. The molecule has 1 aliphatic rings. The lowest BCUT2D eigenvalue weighted by atomic mass is 10.1. The quantitative estimate of drug-likeness (QED) is 0.673. The Hall–Kier alpha value is -3.55. The van der Waals surface area contributed by atoms with Gasteiger partial charge in [0.15, 0.2) is 0 Å². The summed E-state index contributed by atoms with van der Waals surface area (Å²) in [5, 5.41) is 0. The first-order valence-electron chi connectivity index (χ1n) is 8.40. The summed E-state index contributed by atoms with van der Waals surface area (Å²) in [6.45, 7) is 0.937. The summed E-state index contributed by atoms with van der Waals surface area (Å²) in [4.78, 5) is 42.0. The Morgan fingerprint density at radius 1 is 1.00 bits per heavy atom. The molecule has 0 saturated carbocycles. The molecule has 27 heavy (non-hydrogen) atoms. The Kier molecular flexibility index (Phi) is 4.15. The van der Waals surface area contributed by atoms with Gasteiger partial charge in [0.05, 0.1) is 31.2 Å². The molecule has 1 saturated heterocycles. The zero-order chi connectivity index (χ0) is 19.0. The molecule has 2 heterocycles. The SMILES string of the molecule is COc1cccc(OC2CN(C(=O)c3ccc4[nH]c(=O)c(=O)[nH]c4c3)C2)c1. The van der Waals surface area contributed by atoms with Gasteiger partial charge in [-0.25, -0.2) is 0 Å². The predicted molar refractivity (Wildman–Crippen MR) is 98.5 cm³/mol. The minimum atomic E-state index is -0.747. The van der Waals surface area contributed by atoms with E-state index < -0.39 is 11.1 Å². The third kappa shape index (κ3) is 3.29. The van der Waals surface area contributed by atoms with Crippen LogP contribution in [0, 0.1) is 0 Å². The summed E-state index contributed by atoms with van der Waals surface area (Å²) >= 11 is 0. The summed E-state index contributed by atoms with van der Waals surface area (Å²) in [5.74, 6) is 1.25. The van der Waals surface area contributed by atoms with E-state index in [1.165, 1.54) is 0 Å². The number of hydrogen-bond acceptors (Lipinski definition) is 5. The van der Waals surface area contributed by atoms with E-state index in [1.807, 2.05) is 18.2 Å².